The van der Waals surface area contributed by atoms with Crippen molar-refractivity contribution in [1.82, 2.24) is 5.32 Å². The predicted molar refractivity (Wildman–Crippen MR) is 139 cm³/mol. The Morgan fingerprint density at radius 3 is 2.47 bits per heavy atom. The molecule has 38 heavy (non-hydrogen) atoms. The van der Waals surface area contributed by atoms with E-state index in [4.69, 9.17) is 24.7 Å². The monoisotopic (exact) mass is 534 g/mol. The van der Waals surface area contributed by atoms with Crippen molar-refractivity contribution in [3.05, 3.63) is 53.6 Å². The molecular weight excluding hydrogens is 496 g/mol. The van der Waals surface area contributed by atoms with E-state index in [0.717, 1.165) is 11.1 Å². The maximum atomic E-state index is 12.6. The minimum atomic E-state index is -1.92. The fourth-order valence-electron chi connectivity index (χ4n) is 4.02. The minimum Gasteiger partial charge on any atom is -0.461 e. The van der Waals surface area contributed by atoms with Gasteiger partial charge in [0.25, 0.3) is 5.91 Å². The van der Waals surface area contributed by atoms with Crippen molar-refractivity contribution in [2.24, 2.45) is 5.73 Å². The Balaban J connectivity index is 1.61. The zero-order valence-corrected chi connectivity index (χ0v) is 21.7. The summed E-state index contributed by atoms with van der Waals surface area (Å²) >= 11 is 0. The summed E-state index contributed by atoms with van der Waals surface area (Å²) in [4.78, 5) is 12.6. The van der Waals surface area contributed by atoms with Crippen LogP contribution in [-0.2, 0) is 14.2 Å². The van der Waals surface area contributed by atoms with Crippen LogP contribution in [0.25, 0.3) is 11.1 Å². The molecule has 210 valence electrons. The maximum Gasteiger partial charge on any atom is 0.251 e. The van der Waals surface area contributed by atoms with Gasteiger partial charge >= 0.3 is 0 Å². The number of nitrogens with one attached hydrogen (secondary N) is 1. The summed E-state index contributed by atoms with van der Waals surface area (Å²) in [6, 6.07) is 12.5. The minimum absolute atomic E-state index is 0.220. The molecule has 1 amide bonds. The molecule has 7 N–H and O–H groups in total. The average molecular weight is 535 g/mol. The molecule has 0 spiro atoms. The first-order valence-electron chi connectivity index (χ1n) is 12.5. The van der Waals surface area contributed by atoms with Gasteiger partial charge in [0.2, 0.25) is 6.29 Å². The molecule has 1 fully saturated rings. The van der Waals surface area contributed by atoms with Crippen LogP contribution in [0.2, 0.25) is 0 Å². The lowest BCUT2D eigenvalue weighted by atomic mass is 9.88. The van der Waals surface area contributed by atoms with Crippen LogP contribution in [0, 0.1) is 6.92 Å². The van der Waals surface area contributed by atoms with Crippen LogP contribution in [0.5, 0.6) is 5.75 Å². The van der Waals surface area contributed by atoms with E-state index in [-0.39, 0.29) is 5.91 Å². The van der Waals surface area contributed by atoms with Gasteiger partial charge in [-0.3, -0.25) is 4.79 Å². The second-order valence-corrected chi connectivity index (χ2v) is 9.30. The van der Waals surface area contributed by atoms with Crippen LogP contribution in [0.15, 0.2) is 42.5 Å². The van der Waals surface area contributed by atoms with Gasteiger partial charge in [0.15, 0.2) is 5.60 Å². The van der Waals surface area contributed by atoms with Crippen molar-refractivity contribution in [1.29, 1.82) is 0 Å². The molecule has 11 nitrogen and oxygen atoms in total. The molecule has 5 atom stereocenters. The molecule has 11 heteroatoms. The third kappa shape index (κ3) is 7.49. The van der Waals surface area contributed by atoms with Gasteiger partial charge in [-0.05, 0) is 54.8 Å². The Hall–Kier alpha value is -2.61. The lowest BCUT2D eigenvalue weighted by Crippen LogP contribution is -2.66. The van der Waals surface area contributed by atoms with Crippen LogP contribution < -0.4 is 15.8 Å². The molecule has 1 saturated heterocycles. The number of aryl methyl sites for hydroxylation is 1. The van der Waals surface area contributed by atoms with E-state index in [0.29, 0.717) is 56.4 Å². The fourth-order valence-corrected chi connectivity index (χ4v) is 4.02. The Morgan fingerprint density at radius 1 is 1.08 bits per heavy atom. The molecule has 0 saturated carbocycles. The van der Waals surface area contributed by atoms with Gasteiger partial charge in [-0.15, -0.1) is 0 Å². The van der Waals surface area contributed by atoms with Crippen molar-refractivity contribution in [2.75, 3.05) is 46.1 Å². The Morgan fingerprint density at radius 2 is 1.79 bits per heavy atom. The summed E-state index contributed by atoms with van der Waals surface area (Å²) in [6.45, 7) is 5.12. The summed E-state index contributed by atoms with van der Waals surface area (Å²) in [5.74, 6) is 0.170. The van der Waals surface area contributed by atoms with Gasteiger partial charge in [-0.25, -0.2) is 0 Å². The van der Waals surface area contributed by atoms with E-state index in [1.807, 2.05) is 19.1 Å². The van der Waals surface area contributed by atoms with Crippen LogP contribution in [0.3, 0.4) is 0 Å². The van der Waals surface area contributed by atoms with E-state index < -0.39 is 36.8 Å². The highest BCUT2D eigenvalue weighted by Crippen LogP contribution is 2.34. The largest absolute Gasteiger partial charge is 0.461 e. The van der Waals surface area contributed by atoms with Gasteiger partial charge in [0, 0.05) is 18.7 Å². The molecule has 1 aliphatic heterocycles. The normalized spacial score (nSPS) is 25.2. The van der Waals surface area contributed by atoms with Gasteiger partial charge in [0.05, 0.1) is 33.0 Å². The summed E-state index contributed by atoms with van der Waals surface area (Å²) < 4.78 is 22.0. The topological polar surface area (TPSA) is 173 Å². The summed E-state index contributed by atoms with van der Waals surface area (Å²) in [5.41, 5.74) is 6.30. The third-order valence-electron chi connectivity index (χ3n) is 6.29. The molecule has 1 heterocycles. The van der Waals surface area contributed by atoms with E-state index in [9.17, 15) is 25.2 Å². The van der Waals surface area contributed by atoms with Gasteiger partial charge in [-0.1, -0.05) is 18.2 Å². The molecule has 2 aromatic carbocycles. The molecule has 0 radical (unpaired) electrons. The number of hydrogen-bond acceptors (Lipinski definition) is 10. The van der Waals surface area contributed by atoms with Gasteiger partial charge < -0.3 is 50.4 Å². The predicted octanol–water partition coefficient (Wildman–Crippen LogP) is -0.0475. The van der Waals surface area contributed by atoms with Crippen LogP contribution in [-0.4, -0.2) is 103 Å². The first kappa shape index (κ1) is 29.9. The highest BCUT2D eigenvalue weighted by Gasteiger charge is 2.53. The molecule has 0 aromatic heterocycles. The molecule has 0 bridgehead atoms. The highest BCUT2D eigenvalue weighted by molar-refractivity contribution is 5.95. The summed E-state index contributed by atoms with van der Waals surface area (Å²) in [5, 5.41) is 43.3. The quantitative estimate of drug-likeness (QED) is 0.191. The fraction of sp³-hybridized carbons (Fsp3) is 0.519. The molecular formula is C27H38N2O9. The summed E-state index contributed by atoms with van der Waals surface area (Å²) in [6.07, 6.45) is -5.46. The molecule has 3 rings (SSSR count). The maximum absolute atomic E-state index is 12.6. The van der Waals surface area contributed by atoms with E-state index in [1.165, 1.54) is 6.92 Å². The van der Waals surface area contributed by atoms with Gasteiger partial charge in [0.1, 0.15) is 24.1 Å². The molecule has 2 aromatic rings. The van der Waals surface area contributed by atoms with Crippen molar-refractivity contribution in [3.63, 3.8) is 0 Å². The first-order chi connectivity index (χ1) is 18.2. The number of rotatable bonds is 13. The second kappa shape index (κ2) is 14.0. The standard InChI is InChI=1S/C27H38N2O9/c1-17-14-19(6-7-21(17)37-26-27(2,34)24(32)23(31)22(16-30)38-26)18-4-3-5-20(15-18)25(33)29-9-11-36-13-12-35-10-8-28/h3-7,14-15,22-24,26,30-32,34H,8-13,16,28H2,1-2H3,(H,29,33)/t22?,23-,24?,26+,27+/m1/s1. The van der Waals surface area contributed by atoms with Crippen molar-refractivity contribution < 1.29 is 44.2 Å². The smallest absolute Gasteiger partial charge is 0.251 e. The van der Waals surface area contributed by atoms with Crippen LogP contribution in [0.4, 0.5) is 0 Å². The summed E-state index contributed by atoms with van der Waals surface area (Å²) in [7, 11) is 0. The van der Waals surface area contributed by atoms with Crippen LogP contribution >= 0.6 is 0 Å². The number of ether oxygens (including phenoxy) is 4. The first-order valence-corrected chi connectivity index (χ1v) is 12.5. The van der Waals surface area contributed by atoms with Crippen molar-refractivity contribution in [3.8, 4) is 16.9 Å². The number of carbonyl (C=O) groups excluding carboxylic acids is 1. The van der Waals surface area contributed by atoms with Crippen molar-refractivity contribution >= 4 is 5.91 Å². The van der Waals surface area contributed by atoms with Crippen LogP contribution in [0.1, 0.15) is 22.8 Å². The molecule has 1 aliphatic rings. The number of aliphatic hydroxyl groups is 4. The van der Waals surface area contributed by atoms with E-state index >= 15 is 0 Å². The number of hydrogen-bond donors (Lipinski definition) is 6. The second-order valence-electron chi connectivity index (χ2n) is 9.30. The number of amides is 1. The zero-order valence-electron chi connectivity index (χ0n) is 21.7. The molecule has 0 aliphatic carbocycles. The average Bonchev–Trinajstić information content (AvgIpc) is 2.91. The Kier molecular flexibility index (Phi) is 11.0. The SMILES string of the molecule is Cc1cc(-c2cccc(C(=O)NCCOCCOCCN)c2)ccc1O[C@H]1OC(CO)[C@@H](O)C(O)[C@]1(C)O. The zero-order chi connectivity index (χ0) is 27.7. The number of aliphatic hydroxyl groups excluding tert-OH is 3. The number of carbonyl (C=O) groups is 1. The lowest BCUT2D eigenvalue weighted by molar-refractivity contribution is -0.314. The number of nitrogens with two attached hydrogens (primary N) is 1. The lowest BCUT2D eigenvalue weighted by Gasteiger charge is -2.45. The van der Waals surface area contributed by atoms with E-state index in [1.54, 1.807) is 30.3 Å². The Bertz CT molecular complexity index is 1050. The molecule has 2 unspecified atom stereocenters. The highest BCUT2D eigenvalue weighted by atomic mass is 16.7. The van der Waals surface area contributed by atoms with Crippen molar-refractivity contribution in [2.45, 2.75) is 44.1 Å². The number of benzene rings is 2. The Labute approximate surface area is 222 Å². The van der Waals surface area contributed by atoms with E-state index in [2.05, 4.69) is 5.32 Å². The third-order valence-corrected chi connectivity index (χ3v) is 6.29. The van der Waals surface area contributed by atoms with Gasteiger partial charge in [-0.2, -0.15) is 0 Å².